The molecule has 4 nitrogen and oxygen atoms in total. The molecule has 0 bridgehead atoms. The van der Waals surface area contributed by atoms with E-state index in [1.165, 1.54) is 0 Å². The molecule has 0 saturated heterocycles. The SMILES string of the molecule is [3H]P(=C)(OCC1CC(C)C(C)C1O)OC1C(CO)CC(C)C1C. The molecular formula is C17H33O4P. The molecule has 0 aromatic heterocycles. The minimum atomic E-state index is -2.95. The van der Waals surface area contributed by atoms with Crippen LogP contribution in [-0.4, -0.2) is 43.2 Å². The van der Waals surface area contributed by atoms with Gasteiger partial charge in [-0.25, -0.2) is 0 Å². The predicted octanol–water partition coefficient (Wildman–Crippen LogP) is 2.80. The quantitative estimate of drug-likeness (QED) is 0.734. The number of rotatable bonds is 6. The summed E-state index contributed by atoms with van der Waals surface area (Å²) in [4.78, 5) is 0. The van der Waals surface area contributed by atoms with Gasteiger partial charge in [0.2, 0.25) is 0 Å². The Morgan fingerprint density at radius 3 is 2.27 bits per heavy atom. The van der Waals surface area contributed by atoms with Crippen molar-refractivity contribution in [3.05, 3.63) is 0 Å². The molecule has 22 heavy (non-hydrogen) atoms. The first kappa shape index (κ1) is 17.0. The Labute approximate surface area is 137 Å². The average molecular weight is 334 g/mol. The molecule has 0 amide bonds. The van der Waals surface area contributed by atoms with E-state index < -0.39 is 7.94 Å². The fourth-order valence-electron chi connectivity index (χ4n) is 4.05. The molecule has 130 valence electrons. The molecule has 9 atom stereocenters. The Morgan fingerprint density at radius 2 is 1.73 bits per heavy atom. The second kappa shape index (κ2) is 7.81. The molecule has 0 aliphatic heterocycles. The minimum absolute atomic E-state index is 0.0589. The van der Waals surface area contributed by atoms with E-state index in [9.17, 15) is 10.2 Å². The maximum Gasteiger partial charge on any atom is 0.116 e. The highest BCUT2D eigenvalue weighted by atomic mass is 31.1. The summed E-state index contributed by atoms with van der Waals surface area (Å²) in [6, 6.07) is 0. The molecule has 2 saturated carbocycles. The van der Waals surface area contributed by atoms with Gasteiger partial charge in [-0.3, -0.25) is 0 Å². The fourth-order valence-corrected chi connectivity index (χ4v) is 5.10. The van der Waals surface area contributed by atoms with E-state index in [0.717, 1.165) is 12.8 Å². The Balaban J connectivity index is 1.91. The first-order valence-corrected chi connectivity index (χ1v) is 9.90. The van der Waals surface area contributed by atoms with Gasteiger partial charge in [-0.15, -0.1) is 0 Å². The topological polar surface area (TPSA) is 58.9 Å². The molecular weight excluding hydrogens is 299 g/mol. The molecule has 0 spiro atoms. The van der Waals surface area contributed by atoms with Crippen molar-refractivity contribution in [1.29, 1.82) is 1.28 Å². The second-order valence-corrected chi connectivity index (χ2v) is 8.67. The van der Waals surface area contributed by atoms with E-state index in [-0.39, 0.29) is 36.6 Å². The largest absolute Gasteiger partial charge is 0.396 e. The lowest BCUT2D eigenvalue weighted by molar-refractivity contribution is 0.0571. The van der Waals surface area contributed by atoms with Crippen LogP contribution in [0, 0.1) is 35.5 Å². The molecule has 2 N–H and O–H groups in total. The predicted molar refractivity (Wildman–Crippen MR) is 92.2 cm³/mol. The molecule has 0 aromatic carbocycles. The molecule has 0 heterocycles. The van der Waals surface area contributed by atoms with Crippen LogP contribution in [0.1, 0.15) is 40.5 Å². The van der Waals surface area contributed by atoms with E-state index >= 15 is 0 Å². The van der Waals surface area contributed by atoms with Crippen molar-refractivity contribution in [2.75, 3.05) is 13.2 Å². The normalized spacial score (nSPS) is 49.1. The molecule has 2 aliphatic rings. The van der Waals surface area contributed by atoms with E-state index in [2.05, 4.69) is 34.0 Å². The zero-order chi connectivity index (χ0) is 17.4. The molecule has 0 radical (unpaired) electrons. The highest BCUT2D eigenvalue weighted by Crippen LogP contribution is 2.44. The Bertz CT molecular complexity index is 446. The van der Waals surface area contributed by atoms with Crippen LogP contribution in [0.15, 0.2) is 0 Å². The standard InChI is InChI=1S/C17H33O4P/c1-10-7-15(16(19)12(10)3)9-20-22(5)21-17-13(4)11(2)6-14(17)8-18/h10-19,22H,5-9H2,1-4H3/i22T. The van der Waals surface area contributed by atoms with Gasteiger partial charge in [0.05, 0.1) is 18.8 Å². The average Bonchev–Trinajstić information content (AvgIpc) is 2.89. The third-order valence-electron chi connectivity index (χ3n) is 6.06. The summed E-state index contributed by atoms with van der Waals surface area (Å²) >= 11 is 0. The van der Waals surface area contributed by atoms with Crippen LogP contribution in [0.2, 0.25) is 0 Å². The van der Waals surface area contributed by atoms with Gasteiger partial charge >= 0.3 is 0 Å². The van der Waals surface area contributed by atoms with Gasteiger partial charge in [0, 0.05) is 18.4 Å². The Hall–Kier alpha value is 0.140. The van der Waals surface area contributed by atoms with Crippen LogP contribution in [0.4, 0.5) is 0 Å². The summed E-state index contributed by atoms with van der Waals surface area (Å²) in [6.07, 6.45) is 5.15. The van der Waals surface area contributed by atoms with Gasteiger partial charge in [-0.1, -0.05) is 34.0 Å². The maximum absolute atomic E-state index is 10.2. The summed E-state index contributed by atoms with van der Waals surface area (Å²) in [6.45, 7) is 8.88. The highest BCUT2D eigenvalue weighted by molar-refractivity contribution is 7.45. The van der Waals surface area contributed by atoms with Crippen LogP contribution >= 0.6 is 7.94 Å². The van der Waals surface area contributed by atoms with Crippen molar-refractivity contribution in [2.45, 2.75) is 52.7 Å². The first-order chi connectivity index (χ1) is 10.7. The van der Waals surface area contributed by atoms with Crippen molar-refractivity contribution in [3.63, 3.8) is 0 Å². The van der Waals surface area contributed by atoms with Gasteiger partial charge in [0.1, 0.15) is 9.22 Å². The van der Waals surface area contributed by atoms with Crippen LogP contribution in [0.5, 0.6) is 0 Å². The summed E-state index contributed by atoms with van der Waals surface area (Å²) < 4.78 is 20.0. The van der Waals surface area contributed by atoms with E-state index in [1.54, 1.807) is 0 Å². The zero-order valence-corrected chi connectivity index (χ0v) is 15.2. The lowest BCUT2D eigenvalue weighted by atomic mass is 9.99. The van der Waals surface area contributed by atoms with Gasteiger partial charge in [0.25, 0.3) is 0 Å². The number of hydrogen-bond acceptors (Lipinski definition) is 4. The summed E-state index contributed by atoms with van der Waals surface area (Å²) in [7, 11) is -2.95. The van der Waals surface area contributed by atoms with Crippen LogP contribution < -0.4 is 0 Å². The van der Waals surface area contributed by atoms with Crippen molar-refractivity contribution in [3.8, 4) is 0 Å². The molecule has 2 rings (SSSR count). The molecule has 5 heteroatoms. The minimum Gasteiger partial charge on any atom is -0.396 e. The van der Waals surface area contributed by atoms with Crippen molar-refractivity contribution >= 4 is 14.2 Å². The summed E-state index contributed by atoms with van der Waals surface area (Å²) in [5.74, 6) is 1.62. The number of hydrogen-bond donors (Lipinski definition) is 2. The zero-order valence-electron chi connectivity index (χ0n) is 15.3. The third kappa shape index (κ3) is 3.96. The van der Waals surface area contributed by atoms with Gasteiger partial charge in [0.15, 0.2) is 0 Å². The van der Waals surface area contributed by atoms with Gasteiger partial charge in [-0.05, 0) is 36.5 Å². The third-order valence-corrected chi connectivity index (χ3v) is 6.97. The molecule has 2 aliphatic carbocycles. The molecule has 0 aromatic rings. The number of aliphatic hydroxyl groups excluding tert-OH is 2. The van der Waals surface area contributed by atoms with Crippen molar-refractivity contribution in [1.82, 2.24) is 0 Å². The highest BCUT2D eigenvalue weighted by Gasteiger charge is 2.40. The summed E-state index contributed by atoms with van der Waals surface area (Å²) in [5, 5.41) is 19.8. The Morgan fingerprint density at radius 1 is 1.14 bits per heavy atom. The van der Waals surface area contributed by atoms with Crippen LogP contribution in [0.3, 0.4) is 0 Å². The Kier molecular flexibility index (Phi) is 6.03. The lowest BCUT2D eigenvalue weighted by Crippen LogP contribution is -2.25. The fraction of sp³-hybridized carbons (Fsp3) is 0.941. The first-order valence-electron chi connectivity index (χ1n) is 8.99. The van der Waals surface area contributed by atoms with Crippen LogP contribution in [0.25, 0.3) is 0 Å². The van der Waals surface area contributed by atoms with E-state index in [4.69, 9.17) is 10.3 Å². The van der Waals surface area contributed by atoms with Gasteiger partial charge in [-0.2, -0.15) is 0 Å². The second-order valence-electron chi connectivity index (χ2n) is 7.54. The van der Waals surface area contributed by atoms with E-state index in [0.29, 0.717) is 24.4 Å². The smallest absolute Gasteiger partial charge is 0.116 e. The van der Waals surface area contributed by atoms with Crippen LogP contribution in [-0.2, 0) is 9.05 Å². The van der Waals surface area contributed by atoms with Crippen molar-refractivity contribution < 1.29 is 19.3 Å². The van der Waals surface area contributed by atoms with E-state index in [1.807, 2.05) is 0 Å². The molecule has 2 fully saturated rings. The maximum atomic E-state index is 10.2. The monoisotopic (exact) mass is 334 g/mol. The van der Waals surface area contributed by atoms with Crippen molar-refractivity contribution in [2.24, 2.45) is 35.5 Å². The van der Waals surface area contributed by atoms with Gasteiger partial charge < -0.3 is 19.3 Å². The summed E-state index contributed by atoms with van der Waals surface area (Å²) in [5.41, 5.74) is 0. The number of aliphatic hydroxyl groups is 2. The molecule has 9 unspecified atom stereocenters. The lowest BCUT2D eigenvalue weighted by Gasteiger charge is -2.25.